The number of rotatable bonds is 2. The maximum absolute atomic E-state index is 13.0. The van der Waals surface area contributed by atoms with Crippen molar-refractivity contribution < 1.29 is 4.79 Å². The van der Waals surface area contributed by atoms with Crippen LogP contribution in [-0.2, 0) is 6.54 Å². The average molecular weight is 340 g/mol. The van der Waals surface area contributed by atoms with Crippen LogP contribution in [0.4, 0.5) is 0 Å². The Bertz CT molecular complexity index is 1240. The van der Waals surface area contributed by atoms with Crippen molar-refractivity contribution in [1.82, 2.24) is 9.13 Å². The molecular formula is C22H16N2O2. The molecule has 126 valence electrons. The Morgan fingerprint density at radius 1 is 0.885 bits per heavy atom. The highest BCUT2D eigenvalue weighted by atomic mass is 16.2. The summed E-state index contributed by atoms with van der Waals surface area (Å²) in [5, 5.41) is 0.581. The Morgan fingerprint density at radius 3 is 2.46 bits per heavy atom. The first-order valence-electron chi connectivity index (χ1n) is 8.58. The number of aromatic nitrogens is 2. The van der Waals surface area contributed by atoms with E-state index >= 15 is 0 Å². The maximum atomic E-state index is 13.0. The van der Waals surface area contributed by atoms with E-state index in [1.54, 1.807) is 16.8 Å². The molecular weight excluding hydrogens is 324 g/mol. The van der Waals surface area contributed by atoms with Gasteiger partial charge in [0, 0.05) is 18.1 Å². The molecule has 0 spiro atoms. The van der Waals surface area contributed by atoms with E-state index in [0.717, 1.165) is 16.8 Å². The summed E-state index contributed by atoms with van der Waals surface area (Å²) in [4.78, 5) is 25.8. The summed E-state index contributed by atoms with van der Waals surface area (Å²) in [6, 6.07) is 19.6. The highest BCUT2D eigenvalue weighted by Crippen LogP contribution is 2.33. The molecule has 4 aromatic rings. The normalized spacial score (nSPS) is 12.4. The standard InChI is InChI=1S/C22H16N2O2/c1-14-8-10-15(11-9-14)13-24-17-6-3-2-5-16(17)21(25)19-20(24)18-7-4-12-23(18)22(19)26/h2-12H,13H2,1H3. The first kappa shape index (κ1) is 14.9. The fraction of sp³-hybridized carbons (Fsp3) is 0.0909. The second-order valence-corrected chi connectivity index (χ2v) is 6.71. The molecule has 0 radical (unpaired) electrons. The van der Waals surface area contributed by atoms with Crippen LogP contribution in [-0.4, -0.2) is 15.0 Å². The topological polar surface area (TPSA) is 44.0 Å². The summed E-state index contributed by atoms with van der Waals surface area (Å²) in [7, 11) is 0. The van der Waals surface area contributed by atoms with Gasteiger partial charge in [-0.15, -0.1) is 0 Å². The lowest BCUT2D eigenvalue weighted by molar-refractivity contribution is 0.0968. The third-order valence-corrected chi connectivity index (χ3v) is 5.06. The van der Waals surface area contributed by atoms with Crippen LogP contribution < -0.4 is 5.43 Å². The van der Waals surface area contributed by atoms with Crippen LogP contribution in [0.15, 0.2) is 71.7 Å². The number of nitrogens with zero attached hydrogens (tertiary/aromatic N) is 2. The van der Waals surface area contributed by atoms with Crippen molar-refractivity contribution >= 4 is 16.8 Å². The van der Waals surface area contributed by atoms with Crippen molar-refractivity contribution in [2.24, 2.45) is 0 Å². The number of benzene rings is 2. The molecule has 0 unspecified atom stereocenters. The van der Waals surface area contributed by atoms with Gasteiger partial charge in [-0.3, -0.25) is 14.2 Å². The van der Waals surface area contributed by atoms with E-state index in [2.05, 4.69) is 35.8 Å². The van der Waals surface area contributed by atoms with E-state index < -0.39 is 0 Å². The zero-order chi connectivity index (χ0) is 17.8. The van der Waals surface area contributed by atoms with Crippen LogP contribution in [0.1, 0.15) is 21.5 Å². The number of aryl methyl sites for hydroxylation is 1. The summed E-state index contributed by atoms with van der Waals surface area (Å²) in [5.74, 6) is -0.242. The predicted molar refractivity (Wildman–Crippen MR) is 102 cm³/mol. The molecule has 4 nitrogen and oxygen atoms in total. The van der Waals surface area contributed by atoms with Crippen LogP contribution in [0.2, 0.25) is 0 Å². The van der Waals surface area contributed by atoms with Gasteiger partial charge in [-0.1, -0.05) is 42.0 Å². The number of para-hydroxylation sites is 1. The molecule has 0 N–H and O–H groups in total. The Labute approximate surface area is 149 Å². The summed E-state index contributed by atoms with van der Waals surface area (Å²) < 4.78 is 3.66. The molecule has 1 aliphatic rings. The highest BCUT2D eigenvalue weighted by Gasteiger charge is 2.32. The van der Waals surface area contributed by atoms with Gasteiger partial charge < -0.3 is 4.57 Å². The Morgan fingerprint density at radius 2 is 1.65 bits per heavy atom. The van der Waals surface area contributed by atoms with Crippen molar-refractivity contribution in [2.45, 2.75) is 13.5 Å². The van der Waals surface area contributed by atoms with Gasteiger partial charge in [-0.2, -0.15) is 0 Å². The average Bonchev–Trinajstić information content (AvgIpc) is 3.23. The van der Waals surface area contributed by atoms with E-state index in [9.17, 15) is 9.59 Å². The quantitative estimate of drug-likeness (QED) is 0.490. The lowest BCUT2D eigenvalue weighted by Gasteiger charge is -2.16. The largest absolute Gasteiger partial charge is 0.334 e. The van der Waals surface area contributed by atoms with Gasteiger partial charge in [0.2, 0.25) is 5.43 Å². The SMILES string of the molecule is Cc1ccc(Cn2c3c(c(=O)c4ccccc42)C(=O)n2cccc2-3)cc1. The van der Waals surface area contributed by atoms with Gasteiger partial charge in [-0.05, 0) is 36.8 Å². The van der Waals surface area contributed by atoms with Crippen molar-refractivity contribution in [3.05, 3.63) is 93.8 Å². The smallest absolute Gasteiger partial charge is 0.268 e. The van der Waals surface area contributed by atoms with Crippen molar-refractivity contribution in [3.8, 4) is 11.4 Å². The third-order valence-electron chi connectivity index (χ3n) is 5.06. The molecule has 3 heterocycles. The summed E-state index contributed by atoms with van der Waals surface area (Å²) in [6.07, 6.45) is 1.72. The molecule has 26 heavy (non-hydrogen) atoms. The van der Waals surface area contributed by atoms with E-state index in [1.165, 1.54) is 5.56 Å². The minimum Gasteiger partial charge on any atom is -0.334 e. The fourth-order valence-corrected chi connectivity index (χ4v) is 3.78. The first-order chi connectivity index (χ1) is 12.6. The van der Waals surface area contributed by atoms with Crippen LogP contribution in [0.25, 0.3) is 22.3 Å². The molecule has 2 aromatic carbocycles. The lowest BCUT2D eigenvalue weighted by Crippen LogP contribution is -2.20. The monoisotopic (exact) mass is 340 g/mol. The van der Waals surface area contributed by atoms with Gasteiger partial charge in [-0.25, -0.2) is 0 Å². The molecule has 2 aromatic heterocycles. The number of carbonyl (C=O) groups is 1. The summed E-state index contributed by atoms with van der Waals surface area (Å²) in [6.45, 7) is 2.66. The Balaban J connectivity index is 1.87. The zero-order valence-electron chi connectivity index (χ0n) is 14.3. The minimum atomic E-state index is -0.242. The zero-order valence-corrected chi connectivity index (χ0v) is 14.3. The third kappa shape index (κ3) is 1.96. The van der Waals surface area contributed by atoms with Gasteiger partial charge in [0.1, 0.15) is 5.56 Å². The van der Waals surface area contributed by atoms with Gasteiger partial charge in [0.15, 0.2) is 0 Å². The van der Waals surface area contributed by atoms with Crippen molar-refractivity contribution in [1.29, 1.82) is 0 Å². The van der Waals surface area contributed by atoms with E-state index in [4.69, 9.17) is 0 Å². The number of hydrogen-bond donors (Lipinski definition) is 0. The molecule has 0 saturated heterocycles. The molecule has 0 atom stereocenters. The first-order valence-corrected chi connectivity index (χ1v) is 8.58. The molecule has 0 bridgehead atoms. The number of fused-ring (bicyclic) bond motifs is 4. The molecule has 0 amide bonds. The number of hydrogen-bond acceptors (Lipinski definition) is 2. The predicted octanol–water partition coefficient (Wildman–Crippen LogP) is 3.83. The van der Waals surface area contributed by atoms with Gasteiger partial charge in [0.25, 0.3) is 5.91 Å². The Kier molecular flexibility index (Phi) is 3.04. The van der Waals surface area contributed by atoms with E-state index in [0.29, 0.717) is 17.6 Å². The van der Waals surface area contributed by atoms with E-state index in [-0.39, 0.29) is 16.9 Å². The van der Waals surface area contributed by atoms with Crippen molar-refractivity contribution in [2.75, 3.05) is 0 Å². The van der Waals surface area contributed by atoms with Gasteiger partial charge >= 0.3 is 0 Å². The number of pyridine rings is 1. The molecule has 0 fully saturated rings. The summed E-state index contributed by atoms with van der Waals surface area (Å²) in [5.41, 5.74) is 4.75. The second-order valence-electron chi connectivity index (χ2n) is 6.71. The molecule has 1 aliphatic heterocycles. The molecule has 0 saturated carbocycles. The van der Waals surface area contributed by atoms with Gasteiger partial charge in [0.05, 0.1) is 16.9 Å². The van der Waals surface area contributed by atoms with Crippen LogP contribution >= 0.6 is 0 Å². The second kappa shape index (κ2) is 5.30. The highest BCUT2D eigenvalue weighted by molar-refractivity contribution is 6.10. The minimum absolute atomic E-state index is 0.190. The van der Waals surface area contributed by atoms with Crippen LogP contribution in [0.3, 0.4) is 0 Å². The molecule has 4 heteroatoms. The summed E-state index contributed by atoms with van der Waals surface area (Å²) >= 11 is 0. The lowest BCUT2D eigenvalue weighted by atomic mass is 10.1. The van der Waals surface area contributed by atoms with Crippen LogP contribution in [0, 0.1) is 6.92 Å². The number of carbonyl (C=O) groups excluding carboxylic acids is 1. The fourth-order valence-electron chi connectivity index (χ4n) is 3.78. The molecule has 5 rings (SSSR count). The van der Waals surface area contributed by atoms with E-state index in [1.807, 2.05) is 30.3 Å². The van der Waals surface area contributed by atoms with Crippen LogP contribution in [0.5, 0.6) is 0 Å². The Hall–Kier alpha value is -3.40. The van der Waals surface area contributed by atoms with Crippen molar-refractivity contribution in [3.63, 3.8) is 0 Å². The molecule has 0 aliphatic carbocycles. The maximum Gasteiger partial charge on any atom is 0.268 e.